The molecule has 0 saturated heterocycles. The largest absolute Gasteiger partial charge is 0.497 e. The van der Waals surface area contributed by atoms with Gasteiger partial charge in [-0.1, -0.05) is 24.3 Å². The van der Waals surface area contributed by atoms with Crippen LogP contribution in [0.3, 0.4) is 0 Å². The van der Waals surface area contributed by atoms with Crippen LogP contribution in [-0.2, 0) is 17.6 Å². The molecular formula is C18H19NO4. The van der Waals surface area contributed by atoms with E-state index in [2.05, 4.69) is 5.32 Å². The van der Waals surface area contributed by atoms with Crippen LogP contribution < -0.4 is 19.5 Å². The van der Waals surface area contributed by atoms with Gasteiger partial charge >= 0.3 is 0 Å². The molecule has 0 aromatic heterocycles. The van der Waals surface area contributed by atoms with E-state index < -0.39 is 0 Å². The number of carbonyl (C=O) groups is 1. The third kappa shape index (κ3) is 3.39. The zero-order chi connectivity index (χ0) is 16.2. The van der Waals surface area contributed by atoms with Crippen LogP contribution in [0.5, 0.6) is 17.2 Å². The van der Waals surface area contributed by atoms with Crippen molar-refractivity contribution >= 4 is 5.91 Å². The zero-order valence-electron chi connectivity index (χ0n) is 13.2. The smallest absolute Gasteiger partial charge is 0.227 e. The lowest BCUT2D eigenvalue weighted by Gasteiger charge is -2.14. The summed E-state index contributed by atoms with van der Waals surface area (Å²) in [5, 5.41) is 2.91. The second-order valence-electron chi connectivity index (χ2n) is 5.34. The summed E-state index contributed by atoms with van der Waals surface area (Å²) in [7, 11) is 3.17. The van der Waals surface area contributed by atoms with E-state index in [1.165, 1.54) is 0 Å². The van der Waals surface area contributed by atoms with Crippen molar-refractivity contribution in [1.29, 1.82) is 0 Å². The number of rotatable bonds is 5. The van der Waals surface area contributed by atoms with Crippen molar-refractivity contribution in [2.75, 3.05) is 14.2 Å². The molecule has 23 heavy (non-hydrogen) atoms. The van der Waals surface area contributed by atoms with E-state index in [9.17, 15) is 4.79 Å². The van der Waals surface area contributed by atoms with Gasteiger partial charge in [-0.15, -0.1) is 0 Å². The molecule has 0 radical (unpaired) electrons. The molecule has 1 aliphatic heterocycles. The predicted octanol–water partition coefficient (Wildman–Crippen LogP) is 2.32. The van der Waals surface area contributed by atoms with Crippen molar-refractivity contribution in [2.45, 2.75) is 19.1 Å². The van der Waals surface area contributed by atoms with Gasteiger partial charge in [0, 0.05) is 18.1 Å². The summed E-state index contributed by atoms with van der Waals surface area (Å²) in [4.78, 5) is 12.3. The fourth-order valence-corrected chi connectivity index (χ4v) is 2.66. The highest BCUT2D eigenvalue weighted by molar-refractivity contribution is 5.79. The van der Waals surface area contributed by atoms with E-state index in [0.717, 1.165) is 16.9 Å². The molecular weight excluding hydrogens is 294 g/mol. The normalized spacial score (nSPS) is 15.5. The molecule has 0 aliphatic carbocycles. The molecule has 0 fully saturated rings. The van der Waals surface area contributed by atoms with Crippen molar-refractivity contribution < 1.29 is 19.0 Å². The second kappa shape index (κ2) is 6.60. The average molecular weight is 313 g/mol. The Kier molecular flexibility index (Phi) is 4.37. The van der Waals surface area contributed by atoms with Crippen LogP contribution in [0.2, 0.25) is 0 Å². The van der Waals surface area contributed by atoms with Gasteiger partial charge < -0.3 is 19.5 Å². The molecule has 5 nitrogen and oxygen atoms in total. The van der Waals surface area contributed by atoms with Gasteiger partial charge in [0.05, 0.1) is 20.6 Å². The van der Waals surface area contributed by atoms with Gasteiger partial charge in [-0.2, -0.15) is 0 Å². The Morgan fingerprint density at radius 2 is 2.04 bits per heavy atom. The molecule has 1 heterocycles. The molecule has 0 bridgehead atoms. The minimum atomic E-state index is -0.316. The fraction of sp³-hybridized carbons (Fsp3) is 0.278. The first-order chi connectivity index (χ1) is 11.2. The molecule has 1 N–H and O–H groups in total. The number of ether oxygens (including phenoxy) is 3. The molecule has 0 spiro atoms. The number of hydrogen-bond donors (Lipinski definition) is 1. The quantitative estimate of drug-likeness (QED) is 0.920. The van der Waals surface area contributed by atoms with Crippen LogP contribution >= 0.6 is 0 Å². The van der Waals surface area contributed by atoms with Gasteiger partial charge in [-0.3, -0.25) is 4.79 Å². The van der Waals surface area contributed by atoms with Gasteiger partial charge in [0.25, 0.3) is 0 Å². The van der Waals surface area contributed by atoms with Crippen molar-refractivity contribution in [3.8, 4) is 17.2 Å². The Morgan fingerprint density at radius 1 is 1.22 bits per heavy atom. The minimum Gasteiger partial charge on any atom is -0.497 e. The summed E-state index contributed by atoms with van der Waals surface area (Å²) in [5.74, 6) is 2.06. The Balaban J connectivity index is 1.62. The number of benzene rings is 2. The summed E-state index contributed by atoms with van der Waals surface area (Å²) < 4.78 is 16.2. The average Bonchev–Trinajstić information content (AvgIpc) is 2.97. The molecule has 1 amide bonds. The topological polar surface area (TPSA) is 56.8 Å². The fourth-order valence-electron chi connectivity index (χ4n) is 2.66. The van der Waals surface area contributed by atoms with Crippen LogP contribution in [-0.4, -0.2) is 26.4 Å². The van der Waals surface area contributed by atoms with Crippen molar-refractivity contribution in [3.63, 3.8) is 0 Å². The highest BCUT2D eigenvalue weighted by Crippen LogP contribution is 2.28. The molecule has 3 rings (SSSR count). The van der Waals surface area contributed by atoms with Gasteiger partial charge in [-0.25, -0.2) is 0 Å². The molecule has 1 unspecified atom stereocenters. The molecule has 0 saturated carbocycles. The Labute approximate surface area is 135 Å². The van der Waals surface area contributed by atoms with Crippen molar-refractivity contribution in [1.82, 2.24) is 5.32 Å². The van der Waals surface area contributed by atoms with Crippen LogP contribution in [0.4, 0.5) is 0 Å². The Hall–Kier alpha value is -2.69. The predicted molar refractivity (Wildman–Crippen MR) is 86.0 cm³/mol. The molecule has 1 aliphatic rings. The number of carbonyl (C=O) groups excluding carboxylic acids is 1. The Morgan fingerprint density at radius 3 is 2.78 bits per heavy atom. The van der Waals surface area contributed by atoms with Crippen LogP contribution in [0.15, 0.2) is 42.5 Å². The summed E-state index contributed by atoms with van der Waals surface area (Å²) in [6.07, 6.45) is 0.592. The highest BCUT2D eigenvalue weighted by Gasteiger charge is 2.24. The maximum atomic E-state index is 12.3. The maximum absolute atomic E-state index is 12.3. The number of amides is 1. The number of para-hydroxylation sites is 1. The Bertz CT molecular complexity index is 689. The summed E-state index contributed by atoms with van der Waals surface area (Å²) in [5.41, 5.74) is 1.92. The first-order valence-electron chi connectivity index (χ1n) is 7.44. The second-order valence-corrected chi connectivity index (χ2v) is 5.34. The highest BCUT2D eigenvalue weighted by atomic mass is 16.5. The SMILES string of the molecule is COc1ccc(CC(=O)NC2Cc3ccccc3O2)c(OC)c1. The zero-order valence-corrected chi connectivity index (χ0v) is 13.2. The van der Waals surface area contributed by atoms with E-state index in [-0.39, 0.29) is 18.6 Å². The lowest BCUT2D eigenvalue weighted by atomic mass is 10.1. The standard InChI is InChI=1S/C18H19NO4/c1-21-14-8-7-13(16(11-14)22-2)9-17(20)19-18-10-12-5-3-4-6-15(12)23-18/h3-8,11,18H,9-10H2,1-2H3,(H,19,20). The molecule has 5 heteroatoms. The molecule has 2 aromatic rings. The monoisotopic (exact) mass is 313 g/mol. The van der Waals surface area contributed by atoms with Gasteiger partial charge in [0.2, 0.25) is 5.91 Å². The summed E-state index contributed by atoms with van der Waals surface area (Å²) in [6.45, 7) is 0. The lowest BCUT2D eigenvalue weighted by molar-refractivity contribution is -0.122. The number of nitrogens with one attached hydrogen (secondary N) is 1. The third-order valence-electron chi connectivity index (χ3n) is 3.81. The molecule has 120 valence electrons. The first-order valence-corrected chi connectivity index (χ1v) is 7.44. The maximum Gasteiger partial charge on any atom is 0.227 e. The minimum absolute atomic E-state index is 0.105. The number of fused-ring (bicyclic) bond motifs is 1. The van der Waals surface area contributed by atoms with Gasteiger partial charge in [-0.05, 0) is 17.7 Å². The van der Waals surface area contributed by atoms with Gasteiger partial charge in [0.15, 0.2) is 6.23 Å². The van der Waals surface area contributed by atoms with E-state index in [4.69, 9.17) is 14.2 Å². The molecule has 2 aromatic carbocycles. The third-order valence-corrected chi connectivity index (χ3v) is 3.81. The van der Waals surface area contributed by atoms with E-state index in [1.54, 1.807) is 20.3 Å². The van der Waals surface area contributed by atoms with Crippen molar-refractivity contribution in [2.24, 2.45) is 0 Å². The van der Waals surface area contributed by atoms with Crippen LogP contribution in [0, 0.1) is 0 Å². The van der Waals surface area contributed by atoms with E-state index in [0.29, 0.717) is 17.9 Å². The van der Waals surface area contributed by atoms with Crippen molar-refractivity contribution in [3.05, 3.63) is 53.6 Å². The summed E-state index contributed by atoms with van der Waals surface area (Å²) >= 11 is 0. The first kappa shape index (κ1) is 15.2. The van der Waals surface area contributed by atoms with E-state index >= 15 is 0 Å². The summed E-state index contributed by atoms with van der Waals surface area (Å²) in [6, 6.07) is 13.2. The van der Waals surface area contributed by atoms with E-state index in [1.807, 2.05) is 36.4 Å². The number of methoxy groups -OCH3 is 2. The van der Waals surface area contributed by atoms with Gasteiger partial charge in [0.1, 0.15) is 17.2 Å². The number of hydrogen-bond acceptors (Lipinski definition) is 4. The van der Waals surface area contributed by atoms with Crippen LogP contribution in [0.1, 0.15) is 11.1 Å². The van der Waals surface area contributed by atoms with Crippen LogP contribution in [0.25, 0.3) is 0 Å². The molecule has 1 atom stereocenters. The lowest BCUT2D eigenvalue weighted by Crippen LogP contribution is -2.38.